The van der Waals surface area contributed by atoms with E-state index in [1.807, 2.05) is 12.1 Å². The number of rotatable bonds is 3. The highest BCUT2D eigenvalue weighted by atomic mass is 79.9. The van der Waals surface area contributed by atoms with Gasteiger partial charge in [0.1, 0.15) is 5.82 Å². The number of nitrogens with one attached hydrogen (secondary N) is 1. The number of benzene rings is 1. The van der Waals surface area contributed by atoms with Gasteiger partial charge in [0.05, 0.1) is 5.02 Å². The molecule has 19 heavy (non-hydrogen) atoms. The summed E-state index contributed by atoms with van der Waals surface area (Å²) in [5.41, 5.74) is 1.36. The minimum atomic E-state index is -0.153. The van der Waals surface area contributed by atoms with E-state index in [-0.39, 0.29) is 5.56 Å². The van der Waals surface area contributed by atoms with Crippen molar-refractivity contribution < 1.29 is 0 Å². The van der Waals surface area contributed by atoms with Crippen molar-refractivity contribution in [3.05, 3.63) is 49.8 Å². The van der Waals surface area contributed by atoms with Crippen molar-refractivity contribution in [2.75, 3.05) is 0 Å². The van der Waals surface area contributed by atoms with Crippen molar-refractivity contribution in [2.24, 2.45) is 5.92 Å². The molecule has 3 nitrogen and oxygen atoms in total. The standard InChI is InChI=1S/C14H14BrClN2O/c1-8(2)5-10-7-13(19)18-14(17-10)11-4-3-9(15)6-12(11)16/h3-4,6-8H,5H2,1-2H3,(H,17,18,19). The summed E-state index contributed by atoms with van der Waals surface area (Å²) < 4.78 is 0.891. The van der Waals surface area contributed by atoms with E-state index >= 15 is 0 Å². The predicted molar refractivity (Wildman–Crippen MR) is 81.5 cm³/mol. The predicted octanol–water partition coefficient (Wildman–Crippen LogP) is 4.05. The van der Waals surface area contributed by atoms with Crippen LogP contribution in [0.3, 0.4) is 0 Å². The molecule has 1 N–H and O–H groups in total. The molecule has 100 valence electrons. The number of hydrogen-bond acceptors (Lipinski definition) is 2. The van der Waals surface area contributed by atoms with Crippen molar-refractivity contribution in [1.29, 1.82) is 0 Å². The molecule has 5 heteroatoms. The molecule has 0 amide bonds. The summed E-state index contributed by atoms with van der Waals surface area (Å²) in [5.74, 6) is 0.961. The van der Waals surface area contributed by atoms with Crippen LogP contribution in [0.1, 0.15) is 19.5 Å². The molecule has 0 saturated heterocycles. The first-order valence-corrected chi connectivity index (χ1v) is 7.18. The highest BCUT2D eigenvalue weighted by molar-refractivity contribution is 9.10. The second kappa shape index (κ2) is 5.88. The zero-order valence-electron chi connectivity index (χ0n) is 10.7. The third-order valence-corrected chi connectivity index (χ3v) is 3.40. The first-order valence-electron chi connectivity index (χ1n) is 6.01. The van der Waals surface area contributed by atoms with Gasteiger partial charge in [-0.15, -0.1) is 0 Å². The Morgan fingerprint density at radius 3 is 2.74 bits per heavy atom. The smallest absolute Gasteiger partial charge is 0.251 e. The van der Waals surface area contributed by atoms with Gasteiger partial charge in [-0.05, 0) is 30.5 Å². The SMILES string of the molecule is CC(C)Cc1cc(=O)[nH]c(-c2ccc(Br)cc2Cl)n1. The number of hydrogen-bond donors (Lipinski definition) is 1. The fraction of sp³-hybridized carbons (Fsp3) is 0.286. The molecule has 0 unspecified atom stereocenters. The van der Waals surface area contributed by atoms with Gasteiger partial charge in [0, 0.05) is 21.8 Å². The number of aromatic amines is 1. The maximum absolute atomic E-state index is 11.7. The summed E-state index contributed by atoms with van der Waals surface area (Å²) in [4.78, 5) is 18.9. The molecule has 0 aliphatic carbocycles. The molecule has 0 radical (unpaired) electrons. The number of nitrogens with zero attached hydrogens (tertiary/aromatic N) is 1. The van der Waals surface area contributed by atoms with Crippen LogP contribution in [-0.4, -0.2) is 9.97 Å². The van der Waals surface area contributed by atoms with Crippen LogP contribution < -0.4 is 5.56 Å². The average Bonchev–Trinajstić information content (AvgIpc) is 2.26. The highest BCUT2D eigenvalue weighted by Gasteiger charge is 2.09. The zero-order chi connectivity index (χ0) is 14.0. The molecule has 0 saturated carbocycles. The Morgan fingerprint density at radius 2 is 2.11 bits per heavy atom. The van der Waals surface area contributed by atoms with E-state index in [1.54, 1.807) is 6.07 Å². The molecular formula is C14H14BrClN2O. The van der Waals surface area contributed by atoms with Crippen LogP contribution in [0.4, 0.5) is 0 Å². The van der Waals surface area contributed by atoms with Gasteiger partial charge in [0.15, 0.2) is 0 Å². The Morgan fingerprint density at radius 1 is 1.37 bits per heavy atom. The molecule has 0 atom stereocenters. The maximum atomic E-state index is 11.7. The van der Waals surface area contributed by atoms with Crippen LogP contribution in [0.25, 0.3) is 11.4 Å². The molecule has 1 aromatic heterocycles. The van der Waals surface area contributed by atoms with Gasteiger partial charge in [-0.1, -0.05) is 41.4 Å². The fourth-order valence-electron chi connectivity index (χ4n) is 1.84. The normalized spacial score (nSPS) is 11.0. The lowest BCUT2D eigenvalue weighted by Gasteiger charge is -2.08. The van der Waals surface area contributed by atoms with Crippen molar-refractivity contribution in [3.63, 3.8) is 0 Å². The van der Waals surface area contributed by atoms with Gasteiger partial charge in [-0.25, -0.2) is 4.98 Å². The molecule has 1 heterocycles. The van der Waals surface area contributed by atoms with Crippen molar-refractivity contribution in [1.82, 2.24) is 9.97 Å². The second-order valence-corrected chi connectivity index (χ2v) is 6.13. The number of H-pyrrole nitrogens is 1. The third kappa shape index (κ3) is 3.67. The largest absolute Gasteiger partial charge is 0.306 e. The minimum Gasteiger partial charge on any atom is -0.306 e. The van der Waals surface area contributed by atoms with E-state index in [0.29, 0.717) is 16.8 Å². The Labute approximate surface area is 125 Å². The molecule has 0 aliphatic rings. The first-order chi connectivity index (χ1) is 8.95. The summed E-state index contributed by atoms with van der Waals surface area (Å²) >= 11 is 9.54. The highest BCUT2D eigenvalue weighted by Crippen LogP contribution is 2.27. The van der Waals surface area contributed by atoms with Gasteiger partial charge in [0.25, 0.3) is 5.56 Å². The van der Waals surface area contributed by atoms with Crippen LogP contribution in [0, 0.1) is 5.92 Å². The van der Waals surface area contributed by atoms with E-state index in [4.69, 9.17) is 11.6 Å². The topological polar surface area (TPSA) is 45.8 Å². The molecule has 2 aromatic rings. The van der Waals surface area contributed by atoms with Gasteiger partial charge < -0.3 is 4.98 Å². The van der Waals surface area contributed by atoms with Crippen molar-refractivity contribution in [3.8, 4) is 11.4 Å². The lowest BCUT2D eigenvalue weighted by molar-refractivity contribution is 0.634. The average molecular weight is 342 g/mol. The third-order valence-electron chi connectivity index (χ3n) is 2.60. The molecule has 0 spiro atoms. The fourth-order valence-corrected chi connectivity index (χ4v) is 2.60. The summed E-state index contributed by atoms with van der Waals surface area (Å²) in [5, 5.41) is 0.555. The van der Waals surface area contributed by atoms with Crippen LogP contribution in [0.5, 0.6) is 0 Å². The van der Waals surface area contributed by atoms with Gasteiger partial charge in [-0.3, -0.25) is 4.79 Å². The van der Waals surface area contributed by atoms with Crippen LogP contribution in [0.15, 0.2) is 33.5 Å². The molecule has 0 aliphatic heterocycles. The van der Waals surface area contributed by atoms with Gasteiger partial charge in [0.2, 0.25) is 0 Å². The van der Waals surface area contributed by atoms with E-state index in [0.717, 1.165) is 22.2 Å². The van der Waals surface area contributed by atoms with Crippen LogP contribution in [0.2, 0.25) is 5.02 Å². The quantitative estimate of drug-likeness (QED) is 0.915. The molecule has 0 bridgehead atoms. The lowest BCUT2D eigenvalue weighted by atomic mass is 10.1. The van der Waals surface area contributed by atoms with Gasteiger partial charge >= 0.3 is 0 Å². The lowest BCUT2D eigenvalue weighted by Crippen LogP contribution is -2.12. The summed E-state index contributed by atoms with van der Waals surface area (Å²) in [6.07, 6.45) is 0.769. The Hall–Kier alpha value is -1.13. The van der Waals surface area contributed by atoms with E-state index in [2.05, 4.69) is 39.7 Å². The summed E-state index contributed by atoms with van der Waals surface area (Å²) in [6.45, 7) is 4.18. The second-order valence-electron chi connectivity index (χ2n) is 4.81. The Kier molecular flexibility index (Phi) is 4.42. The molecule has 1 aromatic carbocycles. The van der Waals surface area contributed by atoms with Crippen molar-refractivity contribution in [2.45, 2.75) is 20.3 Å². The molecule has 0 fully saturated rings. The zero-order valence-corrected chi connectivity index (χ0v) is 13.0. The molecule has 2 rings (SSSR count). The van der Waals surface area contributed by atoms with Crippen LogP contribution >= 0.6 is 27.5 Å². The summed E-state index contributed by atoms with van der Waals surface area (Å²) in [6, 6.07) is 7.03. The minimum absolute atomic E-state index is 0.153. The Balaban J connectivity index is 2.50. The monoisotopic (exact) mass is 340 g/mol. The van der Waals surface area contributed by atoms with Crippen molar-refractivity contribution >= 4 is 27.5 Å². The van der Waals surface area contributed by atoms with Gasteiger partial charge in [-0.2, -0.15) is 0 Å². The Bertz CT molecular complexity index is 652. The number of aromatic nitrogens is 2. The first kappa shape index (κ1) is 14.3. The van der Waals surface area contributed by atoms with E-state index in [9.17, 15) is 4.79 Å². The number of halogens is 2. The maximum Gasteiger partial charge on any atom is 0.251 e. The summed E-state index contributed by atoms with van der Waals surface area (Å²) in [7, 11) is 0. The molecular weight excluding hydrogens is 328 g/mol. The van der Waals surface area contributed by atoms with Crippen LogP contribution in [-0.2, 0) is 6.42 Å². The van der Waals surface area contributed by atoms with E-state index < -0.39 is 0 Å². The van der Waals surface area contributed by atoms with E-state index in [1.165, 1.54) is 6.07 Å².